The Kier molecular flexibility index (Phi) is 5.71. The van der Waals surface area contributed by atoms with Crippen molar-refractivity contribution in [2.24, 2.45) is 0 Å². The third-order valence-electron chi connectivity index (χ3n) is 4.50. The Labute approximate surface area is 167 Å². The van der Waals surface area contributed by atoms with Crippen LogP contribution in [0.4, 0.5) is 10.1 Å². The summed E-state index contributed by atoms with van der Waals surface area (Å²) < 4.78 is 20.5. The zero-order valence-corrected chi connectivity index (χ0v) is 16.4. The average molecular weight is 396 g/mol. The molecule has 1 aliphatic rings. The number of aromatic nitrogens is 3. The fourth-order valence-electron chi connectivity index (χ4n) is 3.05. The Bertz CT molecular complexity index is 969. The van der Waals surface area contributed by atoms with Gasteiger partial charge in [-0.15, -0.1) is 10.2 Å². The van der Waals surface area contributed by atoms with E-state index in [1.807, 2.05) is 24.3 Å². The van der Waals surface area contributed by atoms with Crippen molar-refractivity contribution >= 4 is 17.4 Å². The predicted molar refractivity (Wildman–Crippen MR) is 109 cm³/mol. The smallest absolute Gasteiger partial charge is 0.247 e. The second kappa shape index (κ2) is 8.56. The molecule has 0 spiro atoms. The maximum Gasteiger partial charge on any atom is 0.247 e. The van der Waals surface area contributed by atoms with Gasteiger partial charge in [-0.2, -0.15) is 4.98 Å². The van der Waals surface area contributed by atoms with E-state index in [0.717, 1.165) is 23.4 Å². The van der Waals surface area contributed by atoms with Crippen LogP contribution in [-0.2, 0) is 0 Å². The standard InChI is InChI=1S/C21H21FN4OS/c1-2-3-8-13-28-21-24-20-18(25-26-21)15-10-5-7-12-17(15)23-19(27-20)14-9-4-6-11-16(14)22/h4-7,9-12,19,23H,2-3,8,13H2,1H3/t19-/m1/s1. The van der Waals surface area contributed by atoms with Crippen LogP contribution in [0.3, 0.4) is 0 Å². The number of hydrogen-bond acceptors (Lipinski definition) is 6. The molecule has 0 saturated heterocycles. The summed E-state index contributed by atoms with van der Waals surface area (Å²) in [6, 6.07) is 14.2. The number of benzene rings is 2. The van der Waals surface area contributed by atoms with Crippen molar-refractivity contribution < 1.29 is 9.13 Å². The molecule has 0 unspecified atom stereocenters. The molecule has 1 atom stereocenters. The molecule has 7 heteroatoms. The lowest BCUT2D eigenvalue weighted by molar-refractivity contribution is 0.220. The van der Waals surface area contributed by atoms with Gasteiger partial charge < -0.3 is 10.1 Å². The Morgan fingerprint density at radius 3 is 2.75 bits per heavy atom. The van der Waals surface area contributed by atoms with Crippen molar-refractivity contribution in [1.29, 1.82) is 0 Å². The summed E-state index contributed by atoms with van der Waals surface area (Å²) >= 11 is 1.56. The maximum absolute atomic E-state index is 14.4. The molecule has 1 N–H and O–H groups in total. The number of unbranched alkanes of at least 4 members (excludes halogenated alkanes) is 2. The van der Waals surface area contributed by atoms with Crippen molar-refractivity contribution in [3.05, 3.63) is 59.9 Å². The molecular weight excluding hydrogens is 375 g/mol. The van der Waals surface area contributed by atoms with Gasteiger partial charge >= 0.3 is 0 Å². The number of nitrogens with one attached hydrogen (secondary N) is 1. The van der Waals surface area contributed by atoms with Crippen LogP contribution in [0.15, 0.2) is 53.7 Å². The van der Waals surface area contributed by atoms with Gasteiger partial charge in [0.2, 0.25) is 17.3 Å². The molecule has 0 amide bonds. The Hall–Kier alpha value is -2.67. The largest absolute Gasteiger partial charge is 0.448 e. The molecule has 3 aromatic rings. The molecule has 2 heterocycles. The lowest BCUT2D eigenvalue weighted by Crippen LogP contribution is -2.18. The van der Waals surface area contributed by atoms with E-state index in [2.05, 4.69) is 27.4 Å². The Morgan fingerprint density at radius 1 is 1.07 bits per heavy atom. The van der Waals surface area contributed by atoms with Gasteiger partial charge in [0, 0.05) is 22.6 Å². The number of thioether (sulfide) groups is 1. The first-order valence-electron chi connectivity index (χ1n) is 9.41. The van der Waals surface area contributed by atoms with Gasteiger partial charge in [-0.05, 0) is 18.6 Å². The zero-order valence-electron chi connectivity index (χ0n) is 15.6. The summed E-state index contributed by atoms with van der Waals surface area (Å²) in [4.78, 5) is 4.58. The van der Waals surface area contributed by atoms with Crippen molar-refractivity contribution in [3.63, 3.8) is 0 Å². The maximum atomic E-state index is 14.4. The summed E-state index contributed by atoms with van der Waals surface area (Å²) in [5.41, 5.74) is 2.61. The highest BCUT2D eigenvalue weighted by Crippen LogP contribution is 2.39. The molecule has 5 nitrogen and oxygen atoms in total. The van der Waals surface area contributed by atoms with Crippen LogP contribution in [0, 0.1) is 5.82 Å². The molecule has 28 heavy (non-hydrogen) atoms. The topological polar surface area (TPSA) is 59.9 Å². The number of ether oxygens (including phenoxy) is 1. The van der Waals surface area contributed by atoms with Crippen LogP contribution in [0.25, 0.3) is 11.3 Å². The van der Waals surface area contributed by atoms with Crippen molar-refractivity contribution in [2.45, 2.75) is 37.6 Å². The highest BCUT2D eigenvalue weighted by Gasteiger charge is 2.27. The number of hydrogen-bond donors (Lipinski definition) is 1. The third kappa shape index (κ3) is 3.94. The lowest BCUT2D eigenvalue weighted by atomic mass is 10.1. The number of anilines is 1. The van der Waals surface area contributed by atoms with E-state index in [1.54, 1.807) is 30.0 Å². The Morgan fingerprint density at radius 2 is 1.89 bits per heavy atom. The van der Waals surface area contributed by atoms with E-state index in [1.165, 1.54) is 18.9 Å². The van der Waals surface area contributed by atoms with Gasteiger partial charge in [-0.25, -0.2) is 4.39 Å². The van der Waals surface area contributed by atoms with Crippen molar-refractivity contribution in [1.82, 2.24) is 15.2 Å². The van der Waals surface area contributed by atoms with E-state index in [0.29, 0.717) is 22.3 Å². The molecule has 0 fully saturated rings. The van der Waals surface area contributed by atoms with Gasteiger partial charge in [0.15, 0.2) is 5.69 Å². The highest BCUT2D eigenvalue weighted by atomic mass is 32.2. The van der Waals surface area contributed by atoms with Gasteiger partial charge in [-0.3, -0.25) is 0 Å². The van der Waals surface area contributed by atoms with Crippen molar-refractivity contribution in [2.75, 3.05) is 11.1 Å². The first-order chi connectivity index (χ1) is 13.8. The number of nitrogens with zero attached hydrogens (tertiary/aromatic N) is 3. The van der Waals surface area contributed by atoms with Crippen LogP contribution in [0.1, 0.15) is 38.0 Å². The van der Waals surface area contributed by atoms with E-state index in [-0.39, 0.29) is 5.82 Å². The summed E-state index contributed by atoms with van der Waals surface area (Å²) in [5, 5.41) is 12.5. The number of fused-ring (bicyclic) bond motifs is 3. The van der Waals surface area contributed by atoms with Crippen LogP contribution in [-0.4, -0.2) is 20.9 Å². The quantitative estimate of drug-likeness (QED) is 0.441. The summed E-state index contributed by atoms with van der Waals surface area (Å²) in [5.74, 6) is 0.954. The van der Waals surface area contributed by atoms with E-state index in [4.69, 9.17) is 4.74 Å². The molecule has 2 aromatic carbocycles. The first kappa shape index (κ1) is 18.7. The van der Waals surface area contributed by atoms with Crippen LogP contribution in [0.5, 0.6) is 5.88 Å². The SMILES string of the molecule is CCCCCSc1nnc2c(n1)O[C@H](c1ccccc1F)Nc1ccccc1-2. The minimum absolute atomic E-state index is 0.336. The second-order valence-corrected chi connectivity index (χ2v) is 7.58. The zero-order chi connectivity index (χ0) is 19.3. The predicted octanol–water partition coefficient (Wildman–Crippen LogP) is 5.46. The first-order valence-corrected chi connectivity index (χ1v) is 10.4. The van der Waals surface area contributed by atoms with Gasteiger partial charge in [0.25, 0.3) is 0 Å². The number of para-hydroxylation sites is 1. The molecule has 0 saturated carbocycles. The normalized spacial score (nSPS) is 15.0. The molecular formula is C21H21FN4OS. The van der Waals surface area contributed by atoms with Crippen LogP contribution in [0.2, 0.25) is 0 Å². The van der Waals surface area contributed by atoms with Gasteiger partial charge in [0.05, 0.1) is 0 Å². The fraction of sp³-hybridized carbons (Fsp3) is 0.286. The minimum Gasteiger partial charge on any atom is -0.448 e. The Balaban J connectivity index is 1.70. The van der Waals surface area contributed by atoms with Crippen LogP contribution < -0.4 is 10.1 Å². The van der Waals surface area contributed by atoms with Gasteiger partial charge in [0.1, 0.15) is 5.82 Å². The third-order valence-corrected chi connectivity index (χ3v) is 5.42. The number of halogens is 1. The fourth-order valence-corrected chi connectivity index (χ4v) is 3.83. The molecule has 4 rings (SSSR count). The van der Waals surface area contributed by atoms with Crippen molar-refractivity contribution in [3.8, 4) is 17.1 Å². The molecule has 0 bridgehead atoms. The summed E-state index contributed by atoms with van der Waals surface area (Å²) in [6.45, 7) is 2.17. The minimum atomic E-state index is -0.710. The van der Waals surface area contributed by atoms with Gasteiger partial charge in [-0.1, -0.05) is 67.9 Å². The second-order valence-electron chi connectivity index (χ2n) is 6.51. The molecule has 1 aliphatic heterocycles. The van der Waals surface area contributed by atoms with E-state index < -0.39 is 6.23 Å². The molecule has 0 aliphatic carbocycles. The molecule has 0 radical (unpaired) electrons. The number of rotatable bonds is 6. The summed E-state index contributed by atoms with van der Waals surface area (Å²) in [6.07, 6.45) is 2.73. The van der Waals surface area contributed by atoms with E-state index in [9.17, 15) is 4.39 Å². The lowest BCUT2D eigenvalue weighted by Gasteiger charge is -2.19. The van der Waals surface area contributed by atoms with E-state index >= 15 is 0 Å². The molecule has 1 aromatic heterocycles. The molecule has 144 valence electrons. The average Bonchev–Trinajstić information content (AvgIpc) is 2.88. The highest BCUT2D eigenvalue weighted by molar-refractivity contribution is 7.99. The monoisotopic (exact) mass is 396 g/mol. The summed E-state index contributed by atoms with van der Waals surface area (Å²) in [7, 11) is 0. The van der Waals surface area contributed by atoms with Crippen LogP contribution >= 0.6 is 11.8 Å².